The third kappa shape index (κ3) is 1.49. The summed E-state index contributed by atoms with van der Waals surface area (Å²) in [6.07, 6.45) is 3.81. The molecule has 3 N–H and O–H groups in total. The van der Waals surface area contributed by atoms with Crippen LogP contribution in [0.5, 0.6) is 0 Å². The molecular formula is C8H9N3O2S. The Morgan fingerprint density at radius 1 is 1.79 bits per heavy atom. The van der Waals surface area contributed by atoms with Crippen molar-refractivity contribution in [1.82, 2.24) is 9.38 Å². The van der Waals surface area contributed by atoms with Crippen molar-refractivity contribution in [1.29, 1.82) is 0 Å². The molecule has 0 aliphatic rings. The lowest BCUT2D eigenvalue weighted by atomic mass is 10.2. The van der Waals surface area contributed by atoms with Gasteiger partial charge in [-0.05, 0) is 0 Å². The Morgan fingerprint density at radius 3 is 3.29 bits per heavy atom. The number of carboxylic acid groups (broad SMARTS) is 1. The highest BCUT2D eigenvalue weighted by molar-refractivity contribution is 7.15. The molecule has 0 saturated carbocycles. The van der Waals surface area contributed by atoms with Crippen molar-refractivity contribution in [2.75, 3.05) is 0 Å². The molecule has 0 aliphatic carbocycles. The maximum Gasteiger partial charge on any atom is 0.320 e. The predicted molar refractivity (Wildman–Crippen MR) is 52.4 cm³/mol. The average molecular weight is 211 g/mol. The molecule has 0 saturated heterocycles. The normalized spacial score (nSPS) is 13.2. The van der Waals surface area contributed by atoms with E-state index in [4.69, 9.17) is 10.8 Å². The van der Waals surface area contributed by atoms with Gasteiger partial charge in [-0.2, -0.15) is 0 Å². The minimum atomic E-state index is -0.982. The average Bonchev–Trinajstić information content (AvgIpc) is 2.69. The molecule has 2 rings (SSSR count). The van der Waals surface area contributed by atoms with Gasteiger partial charge in [0.15, 0.2) is 4.96 Å². The lowest BCUT2D eigenvalue weighted by Crippen LogP contribution is -2.32. The fraction of sp³-hybridized carbons (Fsp3) is 0.250. The molecule has 2 heterocycles. The summed E-state index contributed by atoms with van der Waals surface area (Å²) in [5.41, 5.74) is 6.33. The maximum absolute atomic E-state index is 10.6. The summed E-state index contributed by atoms with van der Waals surface area (Å²) >= 11 is 1.48. The van der Waals surface area contributed by atoms with Crippen molar-refractivity contribution in [3.05, 3.63) is 23.5 Å². The highest BCUT2D eigenvalue weighted by Crippen LogP contribution is 2.15. The van der Waals surface area contributed by atoms with Crippen LogP contribution in [0.1, 0.15) is 5.69 Å². The highest BCUT2D eigenvalue weighted by atomic mass is 32.1. The van der Waals surface area contributed by atoms with Gasteiger partial charge < -0.3 is 10.8 Å². The lowest BCUT2D eigenvalue weighted by molar-refractivity contribution is -0.138. The summed E-state index contributed by atoms with van der Waals surface area (Å²) in [5, 5.41) is 10.5. The summed E-state index contributed by atoms with van der Waals surface area (Å²) in [5.74, 6) is -0.982. The van der Waals surface area contributed by atoms with Gasteiger partial charge in [0.1, 0.15) is 6.04 Å². The zero-order valence-electron chi connectivity index (χ0n) is 7.25. The number of aromatic nitrogens is 2. The van der Waals surface area contributed by atoms with E-state index in [2.05, 4.69) is 4.98 Å². The van der Waals surface area contributed by atoms with E-state index in [9.17, 15) is 4.79 Å². The van der Waals surface area contributed by atoms with E-state index >= 15 is 0 Å². The quantitative estimate of drug-likeness (QED) is 0.767. The van der Waals surface area contributed by atoms with E-state index < -0.39 is 12.0 Å². The van der Waals surface area contributed by atoms with Gasteiger partial charge in [0.25, 0.3) is 0 Å². The van der Waals surface area contributed by atoms with Crippen LogP contribution in [-0.2, 0) is 11.2 Å². The van der Waals surface area contributed by atoms with Gasteiger partial charge >= 0.3 is 5.97 Å². The number of hydrogen-bond donors (Lipinski definition) is 2. The van der Waals surface area contributed by atoms with Crippen molar-refractivity contribution in [3.8, 4) is 0 Å². The van der Waals surface area contributed by atoms with Crippen LogP contribution in [-0.4, -0.2) is 26.5 Å². The number of hydrogen-bond acceptors (Lipinski definition) is 4. The number of imidazole rings is 1. The second kappa shape index (κ2) is 3.39. The minimum Gasteiger partial charge on any atom is -0.480 e. The summed E-state index contributed by atoms with van der Waals surface area (Å²) < 4.78 is 1.85. The third-order valence-electron chi connectivity index (χ3n) is 1.96. The summed E-state index contributed by atoms with van der Waals surface area (Å²) in [4.78, 5) is 15.5. The molecule has 1 atom stereocenters. The Balaban J connectivity index is 2.27. The van der Waals surface area contributed by atoms with Gasteiger partial charge in [-0.15, -0.1) is 11.3 Å². The lowest BCUT2D eigenvalue weighted by Gasteiger charge is -2.04. The molecule has 0 fully saturated rings. The third-order valence-corrected chi connectivity index (χ3v) is 2.87. The van der Waals surface area contributed by atoms with E-state index in [-0.39, 0.29) is 0 Å². The number of rotatable bonds is 3. The Labute approximate surface area is 83.8 Å². The number of nitrogens with zero attached hydrogens (tertiary/aromatic N) is 2. The molecule has 0 radical (unpaired) electrons. The van der Waals surface area contributed by atoms with Gasteiger partial charge in [-0.25, -0.2) is 4.98 Å². The SMILES string of the molecule is NC(Cc1csc2nccn12)C(=O)O. The first-order valence-electron chi connectivity index (χ1n) is 4.06. The van der Waals surface area contributed by atoms with Crippen LogP contribution in [0, 0.1) is 0 Å². The van der Waals surface area contributed by atoms with E-state index in [1.165, 1.54) is 11.3 Å². The number of thiazole rings is 1. The molecule has 0 spiro atoms. The van der Waals surface area contributed by atoms with Gasteiger partial charge in [0.2, 0.25) is 0 Å². The van der Waals surface area contributed by atoms with Crippen LogP contribution in [0.2, 0.25) is 0 Å². The van der Waals surface area contributed by atoms with Crippen LogP contribution in [0.4, 0.5) is 0 Å². The summed E-state index contributed by atoms with van der Waals surface area (Å²) in [6, 6.07) is -0.852. The molecule has 2 aromatic heterocycles. The number of fused-ring (bicyclic) bond motifs is 1. The van der Waals surface area contributed by atoms with Crippen molar-refractivity contribution < 1.29 is 9.90 Å². The molecule has 14 heavy (non-hydrogen) atoms. The van der Waals surface area contributed by atoms with Crippen LogP contribution in [0.3, 0.4) is 0 Å². The van der Waals surface area contributed by atoms with Crippen LogP contribution >= 0.6 is 11.3 Å². The number of aliphatic carboxylic acids is 1. The zero-order chi connectivity index (χ0) is 10.1. The van der Waals surface area contributed by atoms with E-state index in [0.717, 1.165) is 10.7 Å². The monoisotopic (exact) mass is 211 g/mol. The highest BCUT2D eigenvalue weighted by Gasteiger charge is 2.14. The van der Waals surface area contributed by atoms with Gasteiger partial charge in [-0.3, -0.25) is 9.20 Å². The predicted octanol–water partition coefficient (Wildman–Crippen LogP) is 0.350. The first-order valence-corrected chi connectivity index (χ1v) is 4.94. The standard InChI is InChI=1S/C8H9N3O2S/c9-6(7(12)13)3-5-4-14-8-10-1-2-11(5)8/h1-2,4,6H,3,9H2,(H,12,13). The van der Waals surface area contributed by atoms with E-state index in [1.54, 1.807) is 12.4 Å². The fourth-order valence-electron chi connectivity index (χ4n) is 1.23. The molecular weight excluding hydrogens is 202 g/mol. The molecule has 74 valence electrons. The van der Waals surface area contributed by atoms with E-state index in [0.29, 0.717) is 6.42 Å². The molecule has 0 aliphatic heterocycles. The molecule has 0 amide bonds. The largest absolute Gasteiger partial charge is 0.480 e. The molecule has 0 bridgehead atoms. The Hall–Kier alpha value is -1.40. The van der Waals surface area contributed by atoms with Crippen LogP contribution in [0.25, 0.3) is 4.96 Å². The van der Waals surface area contributed by atoms with Gasteiger partial charge in [0, 0.05) is 29.9 Å². The second-order valence-electron chi connectivity index (χ2n) is 2.96. The zero-order valence-corrected chi connectivity index (χ0v) is 8.07. The summed E-state index contributed by atoms with van der Waals surface area (Å²) in [7, 11) is 0. The topological polar surface area (TPSA) is 80.6 Å². The Kier molecular flexibility index (Phi) is 2.22. The molecule has 2 aromatic rings. The number of carbonyl (C=O) groups is 1. The Bertz CT molecular complexity index is 462. The Morgan fingerprint density at radius 2 is 2.57 bits per heavy atom. The van der Waals surface area contributed by atoms with E-state index in [1.807, 2.05) is 9.78 Å². The van der Waals surface area contributed by atoms with Gasteiger partial charge in [-0.1, -0.05) is 0 Å². The minimum absolute atomic E-state index is 0.325. The van der Waals surface area contributed by atoms with Crippen molar-refractivity contribution >= 4 is 22.3 Å². The van der Waals surface area contributed by atoms with Crippen molar-refractivity contribution in [3.63, 3.8) is 0 Å². The fourth-order valence-corrected chi connectivity index (χ4v) is 2.10. The first kappa shape index (κ1) is 9.17. The van der Waals surface area contributed by atoms with Crippen LogP contribution < -0.4 is 5.73 Å². The molecule has 1 unspecified atom stereocenters. The number of carboxylic acids is 1. The first-order chi connectivity index (χ1) is 6.68. The molecule has 6 heteroatoms. The van der Waals surface area contributed by atoms with Crippen LogP contribution in [0.15, 0.2) is 17.8 Å². The molecule has 0 aromatic carbocycles. The van der Waals surface area contributed by atoms with Gasteiger partial charge in [0.05, 0.1) is 0 Å². The smallest absolute Gasteiger partial charge is 0.320 e. The van der Waals surface area contributed by atoms with Crippen molar-refractivity contribution in [2.45, 2.75) is 12.5 Å². The maximum atomic E-state index is 10.6. The second-order valence-corrected chi connectivity index (χ2v) is 3.79. The van der Waals surface area contributed by atoms with Crippen molar-refractivity contribution in [2.24, 2.45) is 5.73 Å². The summed E-state index contributed by atoms with van der Waals surface area (Å²) in [6.45, 7) is 0. The number of nitrogens with two attached hydrogens (primary N) is 1. The molecule has 5 nitrogen and oxygen atoms in total.